The average molecular weight is 1750 g/mol. The summed E-state index contributed by atoms with van der Waals surface area (Å²) in [6.07, 6.45) is 7.73. The predicted molar refractivity (Wildman–Crippen MR) is 408 cm³/mol. The van der Waals surface area contributed by atoms with Gasteiger partial charge in [0.1, 0.15) is 74.4 Å². The number of ether oxygens (including phenoxy) is 3. The van der Waals surface area contributed by atoms with Crippen molar-refractivity contribution >= 4 is 221 Å². The van der Waals surface area contributed by atoms with Crippen LogP contribution < -0.4 is 67.5 Å². The number of carbonyl (C=O) groups is 3. The third-order valence-corrected chi connectivity index (χ3v) is 19.0. The van der Waals surface area contributed by atoms with Crippen molar-refractivity contribution in [1.82, 2.24) is 78.5 Å². The number of halogens is 7. The summed E-state index contributed by atoms with van der Waals surface area (Å²) in [5, 5.41) is 47.9. The van der Waals surface area contributed by atoms with Crippen molar-refractivity contribution in [2.24, 2.45) is 0 Å². The zero-order chi connectivity index (χ0) is 77.0. The smallest absolute Gasteiger partial charge is 0.850 e. The third-order valence-electron chi connectivity index (χ3n) is 12.1. The maximum Gasteiger partial charge on any atom is 1.00 e. The summed E-state index contributed by atoms with van der Waals surface area (Å²) in [6, 6.07) is 15.7. The topological polar surface area (TPSA) is 429 Å². The van der Waals surface area contributed by atoms with Crippen molar-refractivity contribution in [2.75, 3.05) is 30.9 Å². The first-order chi connectivity index (χ1) is 49.8. The second kappa shape index (κ2) is 41.5. The zero-order valence-electron chi connectivity index (χ0n) is 56.9. The van der Waals surface area contributed by atoms with Crippen molar-refractivity contribution in [3.63, 3.8) is 0 Å². The van der Waals surface area contributed by atoms with Gasteiger partial charge in [-0.2, -0.15) is 0 Å². The van der Waals surface area contributed by atoms with Crippen LogP contribution in [-0.4, -0.2) is 137 Å². The number of anilines is 3. The number of esters is 3. The summed E-state index contributed by atoms with van der Waals surface area (Å²) in [5.74, 6) is 1.09. The number of hydrogen-bond donors (Lipinski definition) is 3. The summed E-state index contributed by atoms with van der Waals surface area (Å²) in [7, 11) is 0. The number of aliphatic hydroxyl groups is 1. The van der Waals surface area contributed by atoms with Crippen LogP contribution in [0.1, 0.15) is 97.8 Å². The van der Waals surface area contributed by atoms with Crippen molar-refractivity contribution in [3.05, 3.63) is 185 Å². The number of aryl methyl sites for hydroxylation is 3. The monoisotopic (exact) mass is 1750 g/mol. The molecule has 0 unspecified atom stereocenters. The van der Waals surface area contributed by atoms with Gasteiger partial charge in [-0.05, 0) is 90.1 Å². The summed E-state index contributed by atoms with van der Waals surface area (Å²) in [4.78, 5) is 111. The Kier molecular flexibility index (Phi) is 34.3. The van der Waals surface area contributed by atoms with E-state index in [0.29, 0.717) is 60.0 Å². The van der Waals surface area contributed by atoms with Crippen LogP contribution >= 0.6 is 142 Å². The van der Waals surface area contributed by atoms with Crippen LogP contribution in [0.5, 0.6) is 0 Å². The SMILES string of the molecule is CC(C)(C)[O-].CCOC(=O)c1cnc(-n2c(C)nc3ccc(Cl)nc32)s1.CCOC(=O)c1cnc(N)s1.CCOC(=O)c1cnc(Nc2nc(Cl)ccc2[N+](=O)[O-])s1.Cc1nc2ccc(Cl)nc2n1-c1ncc(CBr)s1.Cc1nc2ccc(Cl)nc2n1-c1ncc(CO)s1.O=[N+]([O-])c1ccc(Cl)nc1Cl.[K+]. The molecular weight excluding hydrogens is 1700 g/mol. The molecule has 0 aliphatic carbocycles. The molecule has 0 amide bonds. The van der Waals surface area contributed by atoms with Gasteiger partial charge in [0.25, 0.3) is 0 Å². The number of carbonyl (C=O) groups excluding carboxylic acids is 3. The standard InChI is InChI=1S/C13H11ClN4O2S.C11H8BrClN4S.C11H9ClN4O4S.C11H9ClN4OS.C6H8N2O2S.C5H2Cl2N2O2.C4H9O.K/c1-3-20-12(19)9-6-15-13(21-9)18-7(2)16-8-4-5-10(14)17-11(8)18;1-6-15-8-2-3-9(13)16-10(8)17(6)11-14-5-7(4-12)18-11;1-2-20-10(17)7-5-13-11(21-7)15-9-6(16(18)19)3-4-8(12)14-9;1-6-14-8-2-3-9(12)15-10(8)16(6)11-13-4-7(5-17)18-11;1-2-10-5(9)4-3-8-6(7)11-4;6-4-2-1-3(9(10)11)5(7)8-4;1-4(2,3)5;/h4-6H,3H2,1-2H3;2-3,5H,4H2,1H3;3-5H,2H2,1H3,(H,13,14,15);2-4,17H,5H2,1H3;3H,2H2,1H3,(H2,7,8);1-2H;1-3H3;/q;;;;;;-1;+1. The van der Waals surface area contributed by atoms with Crippen molar-refractivity contribution < 1.29 is 100 Å². The van der Waals surface area contributed by atoms with Crippen LogP contribution in [0.25, 0.3) is 48.9 Å². The van der Waals surface area contributed by atoms with Crippen molar-refractivity contribution in [1.29, 1.82) is 0 Å². The Balaban J connectivity index is 0.000000199. The number of thiazole rings is 5. The van der Waals surface area contributed by atoms with Gasteiger partial charge >= 0.3 is 80.7 Å². The number of aliphatic hydroxyl groups excluding tert-OH is 1. The molecule has 0 fully saturated rings. The Morgan fingerprint density at radius 2 is 0.887 bits per heavy atom. The van der Waals surface area contributed by atoms with E-state index in [-0.39, 0.29) is 119 Å². The molecule has 0 aromatic carbocycles. The second-order valence-electron chi connectivity index (χ2n) is 20.9. The maximum absolute atomic E-state index is 11.7. The second-order valence-corrected chi connectivity index (χ2v) is 29.0. The maximum atomic E-state index is 11.7. The summed E-state index contributed by atoms with van der Waals surface area (Å²) < 4.78 is 20.1. The third kappa shape index (κ3) is 25.2. The molecule has 13 heterocycles. The number of imidazole rings is 3. The molecule has 0 saturated carbocycles. The Labute approximate surface area is 702 Å². The van der Waals surface area contributed by atoms with Gasteiger partial charge in [0.15, 0.2) is 42.6 Å². The number of pyridine rings is 5. The molecule has 32 nitrogen and oxygen atoms in total. The Morgan fingerprint density at radius 3 is 1.27 bits per heavy atom. The minimum atomic E-state index is -0.750. The van der Waals surface area contributed by atoms with Crippen LogP contribution in [0, 0.1) is 41.0 Å². The molecule has 0 aliphatic heterocycles. The minimum Gasteiger partial charge on any atom is -0.850 e. The van der Waals surface area contributed by atoms with Crippen molar-refractivity contribution in [2.45, 2.75) is 79.9 Å². The van der Waals surface area contributed by atoms with Gasteiger partial charge in [-0.25, -0.2) is 79.2 Å². The average Bonchev–Trinajstić information content (AvgIpc) is 1.66. The molecule has 13 aromatic heterocycles. The molecule has 45 heteroatoms. The number of nitrogens with zero attached hydrogens (tertiary/aromatic N) is 18. The molecule has 4 N–H and O–H groups in total. The van der Waals surface area contributed by atoms with E-state index in [4.69, 9.17) is 94.7 Å². The van der Waals surface area contributed by atoms with Crippen LogP contribution in [0.15, 0.2) is 91.6 Å². The van der Waals surface area contributed by atoms with Crippen LogP contribution in [0.4, 0.5) is 27.5 Å². The molecule has 13 rings (SSSR count). The van der Waals surface area contributed by atoms with Gasteiger partial charge in [-0.15, -0.1) is 16.9 Å². The van der Waals surface area contributed by atoms with E-state index < -0.39 is 21.4 Å². The van der Waals surface area contributed by atoms with Gasteiger partial charge in [0.05, 0.1) is 59.7 Å². The number of nitrogens with two attached hydrogens (primary N) is 1. The quantitative estimate of drug-likeness (QED) is 0.0163. The number of rotatable bonds is 15. The van der Waals surface area contributed by atoms with E-state index in [1.165, 1.54) is 65.5 Å². The molecule has 0 bridgehead atoms. The number of nitro groups is 2. The summed E-state index contributed by atoms with van der Waals surface area (Å²) >= 11 is 44.1. The first kappa shape index (κ1) is 87.8. The summed E-state index contributed by atoms with van der Waals surface area (Å²) in [6.45, 7) is 16.7. The number of nitrogens with one attached hydrogen (secondary N) is 1. The molecule has 0 atom stereocenters. The number of aromatic nitrogens is 16. The minimum absolute atomic E-state index is 0. The molecule has 0 radical (unpaired) electrons. The fourth-order valence-corrected chi connectivity index (χ4v) is 13.2. The Bertz CT molecular complexity index is 5080. The summed E-state index contributed by atoms with van der Waals surface area (Å²) in [5.41, 5.74) is 8.45. The van der Waals surface area contributed by atoms with Gasteiger partial charge in [0, 0.05) is 34.7 Å². The first-order valence-corrected chi connectivity index (χ1v) is 37.3. The van der Waals surface area contributed by atoms with E-state index >= 15 is 0 Å². The van der Waals surface area contributed by atoms with Gasteiger partial charge in [-0.1, -0.05) is 152 Å². The fraction of sp³-hybridized carbons (Fsp3) is 0.246. The van der Waals surface area contributed by atoms with E-state index in [9.17, 15) is 39.7 Å². The molecule has 0 spiro atoms. The molecular formula is C61H56BrCl6KN20O12S5. The molecule has 0 aliphatic rings. The van der Waals surface area contributed by atoms with Crippen LogP contribution in [-0.2, 0) is 26.1 Å². The van der Waals surface area contributed by atoms with Crippen molar-refractivity contribution in [3.8, 4) is 15.4 Å². The Morgan fingerprint density at radius 1 is 0.528 bits per heavy atom. The Hall–Kier alpha value is -7.10. The van der Waals surface area contributed by atoms with Gasteiger partial charge < -0.3 is 35.5 Å². The number of hydrogen-bond acceptors (Lipinski definition) is 32. The molecule has 552 valence electrons. The first-order valence-electron chi connectivity index (χ1n) is 29.8. The largest absolute Gasteiger partial charge is 1.00 e. The molecule has 13 aromatic rings. The van der Waals surface area contributed by atoms with Gasteiger partial charge in [-0.3, -0.25) is 33.9 Å². The normalized spacial score (nSPS) is 10.6. The molecule has 106 heavy (non-hydrogen) atoms. The van der Waals surface area contributed by atoms with E-state index in [1.807, 2.05) is 48.2 Å². The number of alkyl halides is 1. The zero-order valence-corrected chi connectivity index (χ0v) is 70.3. The van der Waals surface area contributed by atoms with Crippen LogP contribution in [0.2, 0.25) is 30.9 Å². The fourth-order valence-electron chi connectivity index (χ4n) is 7.95. The van der Waals surface area contributed by atoms with E-state index in [2.05, 4.69) is 86.0 Å². The van der Waals surface area contributed by atoms with Crippen LogP contribution in [0.3, 0.4) is 0 Å². The van der Waals surface area contributed by atoms with Gasteiger partial charge in [0.2, 0.25) is 11.0 Å². The number of fused-ring (bicyclic) bond motifs is 3. The predicted octanol–water partition coefficient (Wildman–Crippen LogP) is 12.4. The number of nitrogen functional groups attached to an aromatic ring is 1. The van der Waals surface area contributed by atoms with E-state index in [1.54, 1.807) is 87.9 Å². The molecule has 0 saturated heterocycles. The van der Waals surface area contributed by atoms with E-state index in [0.717, 1.165) is 87.7 Å².